The molecule has 2 aromatic carbocycles. The Kier molecular flexibility index (Phi) is 4.33. The first-order valence-electron chi connectivity index (χ1n) is 8.05. The van der Waals surface area contributed by atoms with Gasteiger partial charge < -0.3 is 9.64 Å². The van der Waals surface area contributed by atoms with Crippen molar-refractivity contribution >= 4 is 22.6 Å². The molecule has 1 aliphatic rings. The second kappa shape index (κ2) is 6.41. The van der Waals surface area contributed by atoms with Crippen LogP contribution in [-0.2, 0) is 0 Å². The maximum Gasteiger partial charge on any atom is 0.415 e. The van der Waals surface area contributed by atoms with E-state index < -0.39 is 0 Å². The standard InChI is InChI=1S/C19H21NO3/c1-13-9-11-20(12-10-13)19(22)23-17-8-7-15-5-3-4-6-16(15)18(17)14(2)21/h3-8,13H,9-12H2,1-2H3. The molecule has 0 unspecified atom stereocenters. The summed E-state index contributed by atoms with van der Waals surface area (Å²) in [5.74, 6) is 0.893. The van der Waals surface area contributed by atoms with Gasteiger partial charge in [-0.3, -0.25) is 4.79 Å². The van der Waals surface area contributed by atoms with Crippen LogP contribution in [0.1, 0.15) is 37.0 Å². The first-order chi connectivity index (χ1) is 11.1. The Morgan fingerprint density at radius 3 is 2.48 bits per heavy atom. The number of rotatable bonds is 2. The predicted octanol–water partition coefficient (Wildman–Crippen LogP) is 4.27. The molecule has 0 atom stereocenters. The number of fused-ring (bicyclic) bond motifs is 1. The highest BCUT2D eigenvalue weighted by Crippen LogP contribution is 2.29. The van der Waals surface area contributed by atoms with Gasteiger partial charge in [0.25, 0.3) is 0 Å². The van der Waals surface area contributed by atoms with Crippen molar-refractivity contribution in [3.8, 4) is 5.75 Å². The van der Waals surface area contributed by atoms with Gasteiger partial charge >= 0.3 is 6.09 Å². The summed E-state index contributed by atoms with van der Waals surface area (Å²) >= 11 is 0. The van der Waals surface area contributed by atoms with E-state index >= 15 is 0 Å². The summed E-state index contributed by atoms with van der Waals surface area (Å²) in [6.45, 7) is 5.12. The highest BCUT2D eigenvalue weighted by Gasteiger charge is 2.23. The molecule has 1 fully saturated rings. The average molecular weight is 311 g/mol. The number of hydrogen-bond acceptors (Lipinski definition) is 3. The maximum absolute atomic E-state index is 12.4. The minimum atomic E-state index is -0.366. The van der Waals surface area contributed by atoms with Gasteiger partial charge in [0.1, 0.15) is 5.75 Å². The number of carbonyl (C=O) groups excluding carboxylic acids is 2. The number of ketones is 1. The van der Waals surface area contributed by atoms with Crippen molar-refractivity contribution in [1.29, 1.82) is 0 Å². The predicted molar refractivity (Wildman–Crippen MR) is 89.9 cm³/mol. The maximum atomic E-state index is 12.4. The number of nitrogens with zero attached hydrogens (tertiary/aromatic N) is 1. The summed E-state index contributed by atoms with van der Waals surface area (Å²) in [5, 5.41) is 1.78. The number of benzene rings is 2. The lowest BCUT2D eigenvalue weighted by Crippen LogP contribution is -2.39. The molecule has 2 aromatic rings. The second-order valence-corrected chi connectivity index (χ2v) is 6.25. The molecule has 0 bridgehead atoms. The third kappa shape index (κ3) is 3.21. The Morgan fingerprint density at radius 2 is 1.78 bits per heavy atom. The second-order valence-electron chi connectivity index (χ2n) is 6.25. The van der Waals surface area contributed by atoms with Gasteiger partial charge in [-0.15, -0.1) is 0 Å². The Hall–Kier alpha value is -2.36. The van der Waals surface area contributed by atoms with Gasteiger partial charge in [0.15, 0.2) is 5.78 Å². The minimum Gasteiger partial charge on any atom is -0.409 e. The number of Topliss-reactive ketones (excluding diaryl/α,β-unsaturated/α-hetero) is 1. The Labute approximate surface area is 136 Å². The number of likely N-dealkylation sites (tertiary alicyclic amines) is 1. The Bertz CT molecular complexity index is 745. The number of ether oxygens (including phenoxy) is 1. The topological polar surface area (TPSA) is 46.6 Å². The van der Waals surface area contributed by atoms with Gasteiger partial charge in [-0.2, -0.15) is 0 Å². The molecular weight excluding hydrogens is 290 g/mol. The van der Waals surface area contributed by atoms with Crippen LogP contribution < -0.4 is 4.74 Å². The van der Waals surface area contributed by atoms with Gasteiger partial charge in [0.05, 0.1) is 5.56 Å². The fourth-order valence-corrected chi connectivity index (χ4v) is 3.05. The van der Waals surface area contributed by atoms with E-state index in [2.05, 4.69) is 6.92 Å². The molecular formula is C19H21NO3. The Morgan fingerprint density at radius 1 is 1.09 bits per heavy atom. The molecule has 0 radical (unpaired) electrons. The van der Waals surface area contributed by atoms with Gasteiger partial charge in [-0.1, -0.05) is 37.3 Å². The molecule has 4 heteroatoms. The van der Waals surface area contributed by atoms with Gasteiger partial charge in [0, 0.05) is 13.1 Å². The zero-order valence-corrected chi connectivity index (χ0v) is 13.5. The number of carbonyl (C=O) groups is 2. The molecule has 1 saturated heterocycles. The van der Waals surface area contributed by atoms with E-state index in [1.165, 1.54) is 6.92 Å². The molecule has 0 aliphatic carbocycles. The smallest absolute Gasteiger partial charge is 0.409 e. The van der Waals surface area contributed by atoms with Crippen LogP contribution in [0.5, 0.6) is 5.75 Å². The van der Waals surface area contributed by atoms with Crippen molar-refractivity contribution in [3.63, 3.8) is 0 Å². The fraction of sp³-hybridized carbons (Fsp3) is 0.368. The molecule has 0 spiro atoms. The fourth-order valence-electron chi connectivity index (χ4n) is 3.05. The van der Waals surface area contributed by atoms with Crippen LogP contribution in [-0.4, -0.2) is 29.9 Å². The Balaban J connectivity index is 1.89. The van der Waals surface area contributed by atoms with Crippen molar-refractivity contribution in [3.05, 3.63) is 42.0 Å². The highest BCUT2D eigenvalue weighted by atomic mass is 16.6. The van der Waals surface area contributed by atoms with Crippen molar-refractivity contribution in [2.24, 2.45) is 5.92 Å². The molecule has 1 amide bonds. The van der Waals surface area contributed by atoms with Gasteiger partial charge in [-0.25, -0.2) is 4.79 Å². The monoisotopic (exact) mass is 311 g/mol. The number of hydrogen-bond donors (Lipinski definition) is 0. The van der Waals surface area contributed by atoms with Gasteiger partial charge in [0.2, 0.25) is 0 Å². The SMILES string of the molecule is CC(=O)c1c(OC(=O)N2CCC(C)CC2)ccc2ccccc12. The molecule has 4 nitrogen and oxygen atoms in total. The van der Waals surface area contributed by atoms with E-state index in [4.69, 9.17) is 4.74 Å². The van der Waals surface area contributed by atoms with E-state index in [9.17, 15) is 9.59 Å². The highest BCUT2D eigenvalue weighted by molar-refractivity contribution is 6.09. The van der Waals surface area contributed by atoms with Crippen LogP contribution >= 0.6 is 0 Å². The van der Waals surface area contributed by atoms with Crippen LogP contribution in [0.2, 0.25) is 0 Å². The summed E-state index contributed by atoms with van der Waals surface area (Å²) in [7, 11) is 0. The van der Waals surface area contributed by atoms with Crippen LogP contribution in [0.4, 0.5) is 4.79 Å². The third-order valence-corrected chi connectivity index (χ3v) is 4.48. The molecule has 0 saturated carbocycles. The molecule has 120 valence electrons. The van der Waals surface area contributed by atoms with Crippen LogP contribution in [0.25, 0.3) is 10.8 Å². The van der Waals surface area contributed by atoms with E-state index in [0.29, 0.717) is 30.3 Å². The molecule has 0 aromatic heterocycles. The summed E-state index contributed by atoms with van der Waals surface area (Å²) in [4.78, 5) is 26.2. The minimum absolute atomic E-state index is 0.100. The molecule has 1 aliphatic heterocycles. The van der Waals surface area contributed by atoms with Crippen molar-refractivity contribution in [2.75, 3.05) is 13.1 Å². The van der Waals surface area contributed by atoms with Gasteiger partial charge in [-0.05, 0) is 42.5 Å². The summed E-state index contributed by atoms with van der Waals surface area (Å²) < 4.78 is 5.56. The first kappa shape index (κ1) is 15.5. The molecule has 3 rings (SSSR count). The zero-order valence-electron chi connectivity index (χ0n) is 13.5. The van der Waals surface area contributed by atoms with Crippen LogP contribution in [0, 0.1) is 5.92 Å². The quantitative estimate of drug-likeness (QED) is 0.778. The lowest BCUT2D eigenvalue weighted by molar-refractivity contribution is 0.101. The zero-order chi connectivity index (χ0) is 16.4. The number of piperidine rings is 1. The van der Waals surface area contributed by atoms with E-state index in [-0.39, 0.29) is 11.9 Å². The number of amides is 1. The lowest BCUT2D eigenvalue weighted by atomic mass is 10.00. The molecule has 1 heterocycles. The largest absolute Gasteiger partial charge is 0.415 e. The van der Waals surface area contributed by atoms with E-state index in [1.807, 2.05) is 30.3 Å². The average Bonchev–Trinajstić information content (AvgIpc) is 2.54. The summed E-state index contributed by atoms with van der Waals surface area (Å²) in [6, 6.07) is 11.2. The van der Waals surface area contributed by atoms with E-state index in [1.54, 1.807) is 11.0 Å². The molecule has 23 heavy (non-hydrogen) atoms. The third-order valence-electron chi connectivity index (χ3n) is 4.48. The normalized spacial score (nSPS) is 15.7. The molecule has 0 N–H and O–H groups in total. The lowest BCUT2D eigenvalue weighted by Gasteiger charge is -2.29. The van der Waals surface area contributed by atoms with Crippen molar-refractivity contribution in [1.82, 2.24) is 4.90 Å². The first-order valence-corrected chi connectivity index (χ1v) is 8.05. The van der Waals surface area contributed by atoms with E-state index in [0.717, 1.165) is 23.6 Å². The van der Waals surface area contributed by atoms with Crippen molar-refractivity contribution < 1.29 is 14.3 Å². The summed E-state index contributed by atoms with van der Waals surface area (Å²) in [6.07, 6.45) is 1.62. The van der Waals surface area contributed by atoms with Crippen molar-refractivity contribution in [2.45, 2.75) is 26.7 Å². The van der Waals surface area contributed by atoms with Crippen LogP contribution in [0.15, 0.2) is 36.4 Å². The van der Waals surface area contributed by atoms with Crippen LogP contribution in [0.3, 0.4) is 0 Å². The summed E-state index contributed by atoms with van der Waals surface area (Å²) in [5.41, 5.74) is 0.474.